The van der Waals surface area contributed by atoms with Gasteiger partial charge in [0.25, 0.3) is 0 Å². The Morgan fingerprint density at radius 2 is 1.14 bits per heavy atom. The molecule has 1 unspecified atom stereocenters. The van der Waals surface area contributed by atoms with Crippen LogP contribution in [0.2, 0.25) is 0 Å². The van der Waals surface area contributed by atoms with Gasteiger partial charge in [-0.15, -0.1) is 0 Å². The van der Waals surface area contributed by atoms with E-state index in [1.165, 1.54) is 38.5 Å². The van der Waals surface area contributed by atoms with Gasteiger partial charge in [0.05, 0.1) is 25.6 Å². The zero-order chi connectivity index (χ0) is 16.1. The summed E-state index contributed by atoms with van der Waals surface area (Å²) in [6.07, 6.45) is 13.2. The van der Waals surface area contributed by atoms with Gasteiger partial charge in [0.1, 0.15) is 0 Å². The molecule has 0 rings (SSSR count). The van der Waals surface area contributed by atoms with Crippen molar-refractivity contribution in [3.63, 3.8) is 0 Å². The van der Waals surface area contributed by atoms with Crippen LogP contribution in [-0.2, 0) is 14.6 Å². The van der Waals surface area contributed by atoms with E-state index in [2.05, 4.69) is 31.6 Å². The summed E-state index contributed by atoms with van der Waals surface area (Å²) in [5.41, 5.74) is 0. The largest absolute Gasteiger partial charge is 0.726 e. The molecule has 0 heterocycles. The van der Waals surface area contributed by atoms with Crippen LogP contribution in [0, 0.1) is 0 Å². The Morgan fingerprint density at radius 3 is 1.29 bits per heavy atom. The molecule has 1 atom stereocenters. The van der Waals surface area contributed by atoms with Gasteiger partial charge in [0.15, 0.2) is 0 Å². The van der Waals surface area contributed by atoms with Gasteiger partial charge in [0, 0.05) is 13.9 Å². The SMILES string of the molecule is CCCC[P+](C)(CCCC)CCCC.COS(=O)(=O)[O-].P. The first-order chi connectivity index (χ1) is 9.24. The lowest BCUT2D eigenvalue weighted by Gasteiger charge is -2.22. The molecule has 0 aliphatic heterocycles. The van der Waals surface area contributed by atoms with E-state index < -0.39 is 17.7 Å². The van der Waals surface area contributed by atoms with Gasteiger partial charge < -0.3 is 4.55 Å². The van der Waals surface area contributed by atoms with Crippen molar-refractivity contribution in [2.45, 2.75) is 59.3 Å². The van der Waals surface area contributed by atoms with E-state index in [0.717, 1.165) is 7.11 Å². The predicted molar refractivity (Wildman–Crippen MR) is 100.0 cm³/mol. The Labute approximate surface area is 136 Å². The van der Waals surface area contributed by atoms with Crippen LogP contribution < -0.4 is 0 Å². The van der Waals surface area contributed by atoms with Crippen LogP contribution in [0.4, 0.5) is 0 Å². The Morgan fingerprint density at radius 1 is 0.905 bits per heavy atom. The molecule has 0 saturated carbocycles. The molecule has 4 nitrogen and oxygen atoms in total. The van der Waals surface area contributed by atoms with Crippen LogP contribution >= 0.6 is 17.2 Å². The lowest BCUT2D eigenvalue weighted by atomic mass is 10.4. The quantitative estimate of drug-likeness (QED) is 0.332. The molecular weight excluding hydrogens is 326 g/mol. The van der Waals surface area contributed by atoms with Crippen molar-refractivity contribution >= 4 is 27.6 Å². The van der Waals surface area contributed by atoms with Crippen LogP contribution in [0.15, 0.2) is 0 Å². The van der Waals surface area contributed by atoms with E-state index in [4.69, 9.17) is 0 Å². The Bertz CT molecular complexity index is 286. The molecule has 132 valence electrons. The normalized spacial score (nSPS) is 11.3. The maximum Gasteiger partial charge on any atom is 0.217 e. The predicted octanol–water partition coefficient (Wildman–Crippen LogP) is 4.19. The minimum Gasteiger partial charge on any atom is -0.726 e. The fourth-order valence-electron chi connectivity index (χ4n) is 1.95. The zero-order valence-corrected chi connectivity index (χ0v) is 17.7. The van der Waals surface area contributed by atoms with Gasteiger partial charge in [0.2, 0.25) is 10.4 Å². The molecule has 0 amide bonds. The number of unbranched alkanes of at least 4 members (excludes halogenated alkanes) is 3. The van der Waals surface area contributed by atoms with Gasteiger partial charge >= 0.3 is 0 Å². The van der Waals surface area contributed by atoms with Crippen molar-refractivity contribution in [3.8, 4) is 0 Å². The first-order valence-electron chi connectivity index (χ1n) is 7.59. The summed E-state index contributed by atoms with van der Waals surface area (Å²) < 4.78 is 31.0. The molecule has 0 saturated heterocycles. The molecule has 0 radical (unpaired) electrons. The van der Waals surface area contributed by atoms with Crippen LogP contribution in [-0.4, -0.2) is 45.2 Å². The van der Waals surface area contributed by atoms with Crippen molar-refractivity contribution < 1.29 is 17.2 Å². The first-order valence-corrected chi connectivity index (χ1v) is 11.7. The lowest BCUT2D eigenvalue weighted by Crippen LogP contribution is -2.07. The second kappa shape index (κ2) is 15.6. The molecule has 0 bridgehead atoms. The highest BCUT2D eigenvalue weighted by molar-refractivity contribution is 7.80. The molecule has 0 aromatic carbocycles. The Hall–Kier alpha value is 0.730. The average molecular weight is 362 g/mol. The molecule has 0 spiro atoms. The van der Waals surface area contributed by atoms with Crippen LogP contribution in [0.1, 0.15) is 59.3 Å². The van der Waals surface area contributed by atoms with Crippen molar-refractivity contribution in [2.24, 2.45) is 0 Å². The van der Waals surface area contributed by atoms with Crippen molar-refractivity contribution in [2.75, 3.05) is 32.3 Å². The van der Waals surface area contributed by atoms with E-state index in [1.54, 1.807) is 18.5 Å². The monoisotopic (exact) mass is 362 g/mol. The third kappa shape index (κ3) is 20.7. The highest BCUT2D eigenvalue weighted by Gasteiger charge is 2.28. The van der Waals surface area contributed by atoms with Crippen LogP contribution in [0.3, 0.4) is 0 Å². The van der Waals surface area contributed by atoms with Gasteiger partial charge in [-0.05, 0) is 19.3 Å². The fourth-order valence-corrected chi connectivity index (χ4v) is 5.86. The summed E-state index contributed by atoms with van der Waals surface area (Å²) in [5, 5.41) is 0. The van der Waals surface area contributed by atoms with Crippen molar-refractivity contribution in [1.29, 1.82) is 0 Å². The van der Waals surface area contributed by atoms with Crippen LogP contribution in [0.5, 0.6) is 0 Å². The first kappa shape index (κ1) is 26.6. The summed E-state index contributed by atoms with van der Waals surface area (Å²) in [6, 6.07) is 0. The summed E-state index contributed by atoms with van der Waals surface area (Å²) in [7, 11) is -4.12. The second-order valence-corrected chi connectivity index (χ2v) is 11.2. The highest BCUT2D eigenvalue weighted by Crippen LogP contribution is 2.57. The molecule has 0 fully saturated rings. The minimum atomic E-state index is -4.41. The van der Waals surface area contributed by atoms with Crippen molar-refractivity contribution in [3.05, 3.63) is 0 Å². The number of rotatable bonds is 10. The van der Waals surface area contributed by atoms with Gasteiger partial charge in [-0.25, -0.2) is 8.42 Å². The zero-order valence-electron chi connectivity index (χ0n) is 14.6. The Kier molecular flexibility index (Phi) is 19.8. The van der Waals surface area contributed by atoms with E-state index >= 15 is 0 Å². The van der Waals surface area contributed by atoms with Gasteiger partial charge in [-0.2, -0.15) is 9.90 Å². The van der Waals surface area contributed by atoms with E-state index in [0.29, 0.717) is 0 Å². The fraction of sp³-hybridized carbons (Fsp3) is 1.00. The molecule has 0 N–H and O–H groups in total. The smallest absolute Gasteiger partial charge is 0.217 e. The summed E-state index contributed by atoms with van der Waals surface area (Å²) in [6.45, 7) is 9.59. The molecule has 0 aromatic heterocycles. The lowest BCUT2D eigenvalue weighted by molar-refractivity contribution is 0.314. The third-order valence-electron chi connectivity index (χ3n) is 3.36. The van der Waals surface area contributed by atoms with E-state index in [-0.39, 0.29) is 9.90 Å². The molecule has 0 aromatic rings. The summed E-state index contributed by atoms with van der Waals surface area (Å²) in [5.74, 6) is 0. The molecule has 21 heavy (non-hydrogen) atoms. The molecule has 0 aliphatic rings. The Balaban J connectivity index is -0.000000394. The van der Waals surface area contributed by atoms with E-state index in [1.807, 2.05) is 0 Å². The minimum absolute atomic E-state index is 0. The third-order valence-corrected chi connectivity index (χ3v) is 7.95. The maximum absolute atomic E-state index is 9.22. The number of hydrogen-bond acceptors (Lipinski definition) is 4. The molecular formula is C14H36O4P2S. The number of hydrogen-bond donors (Lipinski definition) is 0. The van der Waals surface area contributed by atoms with Gasteiger partial charge in [-0.1, -0.05) is 40.0 Å². The van der Waals surface area contributed by atoms with Crippen molar-refractivity contribution in [1.82, 2.24) is 0 Å². The second-order valence-electron chi connectivity index (χ2n) is 5.43. The van der Waals surface area contributed by atoms with Crippen LogP contribution in [0.25, 0.3) is 0 Å². The summed E-state index contributed by atoms with van der Waals surface area (Å²) in [4.78, 5) is 0. The standard InChI is InChI=1S/C13H30P.CH4O4S.H3P/c1-5-8-11-14(4,12-9-6-2)13-10-7-3;1-5-6(2,3)4;/h5-13H2,1-4H3;1H3,(H,2,3,4);1H3/q+1;;/p-1. The highest BCUT2D eigenvalue weighted by atomic mass is 32.3. The maximum atomic E-state index is 9.22. The van der Waals surface area contributed by atoms with Gasteiger partial charge in [-0.3, -0.25) is 4.18 Å². The summed E-state index contributed by atoms with van der Waals surface area (Å²) >= 11 is 0. The topological polar surface area (TPSA) is 66.4 Å². The average Bonchev–Trinajstić information content (AvgIpc) is 2.41. The molecule has 7 heteroatoms. The molecule has 0 aliphatic carbocycles. The van der Waals surface area contributed by atoms with E-state index in [9.17, 15) is 13.0 Å².